The van der Waals surface area contributed by atoms with Gasteiger partial charge in [0.15, 0.2) is 0 Å². The van der Waals surface area contributed by atoms with Gasteiger partial charge < -0.3 is 15.7 Å². The Hall–Kier alpha value is -1.82. The van der Waals surface area contributed by atoms with E-state index in [4.69, 9.17) is 23.2 Å². The van der Waals surface area contributed by atoms with Crippen molar-refractivity contribution in [2.45, 2.75) is 6.04 Å². The van der Waals surface area contributed by atoms with Crippen molar-refractivity contribution in [1.82, 2.24) is 15.6 Å². The Morgan fingerprint density at radius 2 is 1.96 bits per heavy atom. The second-order valence-electron chi connectivity index (χ2n) is 5.37. The molecule has 7 heteroatoms. The third kappa shape index (κ3) is 3.27. The van der Waals surface area contributed by atoms with Crippen LogP contribution in [0.4, 0.5) is 0 Å². The maximum Gasteiger partial charge on any atom is 0.226 e. The molecule has 1 fully saturated rings. The maximum atomic E-state index is 12.4. The van der Waals surface area contributed by atoms with Gasteiger partial charge in [0.05, 0.1) is 22.0 Å². The van der Waals surface area contributed by atoms with Crippen LogP contribution in [0.3, 0.4) is 0 Å². The first-order chi connectivity index (χ1) is 11.1. The highest BCUT2D eigenvalue weighted by molar-refractivity contribution is 6.42. The molecule has 1 amide bonds. The van der Waals surface area contributed by atoms with Gasteiger partial charge >= 0.3 is 0 Å². The highest BCUT2D eigenvalue weighted by Crippen LogP contribution is 2.39. The Morgan fingerprint density at radius 1 is 1.26 bits per heavy atom. The van der Waals surface area contributed by atoms with E-state index in [0.717, 1.165) is 5.56 Å². The highest BCUT2D eigenvalue weighted by Gasteiger charge is 2.30. The molecule has 0 saturated carbocycles. The Labute approximate surface area is 143 Å². The summed E-state index contributed by atoms with van der Waals surface area (Å²) < 4.78 is 0. The van der Waals surface area contributed by atoms with E-state index in [1.807, 2.05) is 0 Å². The zero-order valence-electron chi connectivity index (χ0n) is 12.1. The number of benzene rings is 1. The Bertz CT molecular complexity index is 721. The number of nitrogens with zero attached hydrogens (tertiary/aromatic N) is 1. The topological polar surface area (TPSA) is 74.2 Å². The number of phenolic OH excluding ortho intramolecular Hbond substituents is 1. The van der Waals surface area contributed by atoms with E-state index in [0.29, 0.717) is 23.7 Å². The molecule has 1 saturated heterocycles. The summed E-state index contributed by atoms with van der Waals surface area (Å²) in [4.78, 5) is 16.3. The standard InChI is InChI=1S/C16H15Cl2N3O2/c17-11-1-2-12(22)13(14(11)18)15(9-3-5-19-6-4-9)21-16(23)10-7-20-8-10/h1-6,10,15,20,22H,7-8H2,(H,21,23). The van der Waals surface area contributed by atoms with Crippen molar-refractivity contribution in [3.63, 3.8) is 0 Å². The summed E-state index contributed by atoms with van der Waals surface area (Å²) >= 11 is 12.4. The van der Waals surface area contributed by atoms with Gasteiger partial charge in [0.2, 0.25) is 5.91 Å². The normalized spacial score (nSPS) is 15.7. The highest BCUT2D eigenvalue weighted by atomic mass is 35.5. The lowest BCUT2D eigenvalue weighted by atomic mass is 9.96. The van der Waals surface area contributed by atoms with Gasteiger partial charge in [-0.05, 0) is 29.8 Å². The molecule has 23 heavy (non-hydrogen) atoms. The van der Waals surface area contributed by atoms with Gasteiger partial charge in [0.25, 0.3) is 0 Å². The molecule has 1 aliphatic rings. The molecular formula is C16H15Cl2N3O2. The van der Waals surface area contributed by atoms with Gasteiger partial charge in [0.1, 0.15) is 5.75 Å². The second-order valence-corrected chi connectivity index (χ2v) is 6.16. The van der Waals surface area contributed by atoms with Crippen LogP contribution >= 0.6 is 23.2 Å². The second kappa shape index (κ2) is 6.74. The molecular weight excluding hydrogens is 337 g/mol. The van der Waals surface area contributed by atoms with E-state index in [9.17, 15) is 9.90 Å². The van der Waals surface area contributed by atoms with Crippen LogP contribution in [0.15, 0.2) is 36.7 Å². The molecule has 1 unspecified atom stereocenters. The molecule has 5 nitrogen and oxygen atoms in total. The fraction of sp³-hybridized carbons (Fsp3) is 0.250. The number of halogens is 2. The minimum atomic E-state index is -0.600. The van der Waals surface area contributed by atoms with Crippen molar-refractivity contribution in [2.75, 3.05) is 13.1 Å². The molecule has 1 aliphatic heterocycles. The smallest absolute Gasteiger partial charge is 0.226 e. The Morgan fingerprint density at radius 3 is 2.57 bits per heavy atom. The summed E-state index contributed by atoms with van der Waals surface area (Å²) in [7, 11) is 0. The number of carbonyl (C=O) groups is 1. The number of rotatable bonds is 4. The van der Waals surface area contributed by atoms with Crippen LogP contribution in [0.5, 0.6) is 5.75 Å². The number of carbonyl (C=O) groups excluding carboxylic acids is 1. The molecule has 120 valence electrons. The van der Waals surface area contributed by atoms with Gasteiger partial charge in [-0.2, -0.15) is 0 Å². The minimum absolute atomic E-state index is 0.0201. The lowest BCUT2D eigenvalue weighted by Crippen LogP contribution is -2.51. The molecule has 0 spiro atoms. The average molecular weight is 352 g/mol. The number of hydrogen-bond donors (Lipinski definition) is 3. The SMILES string of the molecule is O=C(NC(c1ccncc1)c1c(O)ccc(Cl)c1Cl)C1CNC1. The van der Waals surface area contributed by atoms with Crippen molar-refractivity contribution in [1.29, 1.82) is 0 Å². The number of hydrogen-bond acceptors (Lipinski definition) is 4. The fourth-order valence-corrected chi connectivity index (χ4v) is 2.88. The number of aromatic hydroxyl groups is 1. The summed E-state index contributed by atoms with van der Waals surface area (Å²) in [6, 6.07) is 5.91. The maximum absolute atomic E-state index is 12.4. The zero-order valence-corrected chi connectivity index (χ0v) is 13.6. The van der Waals surface area contributed by atoms with Gasteiger partial charge in [-0.25, -0.2) is 0 Å². The first-order valence-corrected chi connectivity index (χ1v) is 7.91. The molecule has 0 aliphatic carbocycles. The minimum Gasteiger partial charge on any atom is -0.508 e. The first-order valence-electron chi connectivity index (χ1n) is 7.16. The molecule has 1 aromatic carbocycles. The monoisotopic (exact) mass is 351 g/mol. The predicted molar refractivity (Wildman–Crippen MR) is 88.7 cm³/mol. The fourth-order valence-electron chi connectivity index (χ4n) is 2.44. The van der Waals surface area contributed by atoms with E-state index in [2.05, 4.69) is 15.6 Å². The largest absolute Gasteiger partial charge is 0.508 e. The van der Waals surface area contributed by atoms with Crippen molar-refractivity contribution < 1.29 is 9.90 Å². The molecule has 0 bridgehead atoms. The van der Waals surface area contributed by atoms with Crippen LogP contribution in [0.25, 0.3) is 0 Å². The summed E-state index contributed by atoms with van der Waals surface area (Å²) in [5.41, 5.74) is 1.14. The van der Waals surface area contributed by atoms with Crippen LogP contribution in [-0.4, -0.2) is 29.1 Å². The van der Waals surface area contributed by atoms with E-state index in [1.165, 1.54) is 12.1 Å². The Balaban J connectivity index is 2.02. The number of pyridine rings is 1. The average Bonchev–Trinajstić information content (AvgIpc) is 2.49. The van der Waals surface area contributed by atoms with Gasteiger partial charge in [-0.3, -0.25) is 9.78 Å². The summed E-state index contributed by atoms with van der Waals surface area (Å²) in [6.07, 6.45) is 3.24. The molecule has 3 rings (SSSR count). The third-order valence-electron chi connectivity index (χ3n) is 3.88. The third-order valence-corrected chi connectivity index (χ3v) is 4.70. The van der Waals surface area contributed by atoms with Crippen LogP contribution in [0, 0.1) is 5.92 Å². The quantitative estimate of drug-likeness (QED) is 0.791. The van der Waals surface area contributed by atoms with Crippen molar-refractivity contribution >= 4 is 29.1 Å². The van der Waals surface area contributed by atoms with Gasteiger partial charge in [0, 0.05) is 31.0 Å². The van der Waals surface area contributed by atoms with E-state index < -0.39 is 6.04 Å². The molecule has 2 heterocycles. The van der Waals surface area contributed by atoms with Crippen LogP contribution in [0.2, 0.25) is 10.0 Å². The van der Waals surface area contributed by atoms with Crippen molar-refractivity contribution in [2.24, 2.45) is 5.92 Å². The number of aromatic nitrogens is 1. The van der Waals surface area contributed by atoms with Crippen LogP contribution < -0.4 is 10.6 Å². The number of nitrogens with one attached hydrogen (secondary N) is 2. The van der Waals surface area contributed by atoms with Gasteiger partial charge in [-0.1, -0.05) is 23.2 Å². The Kier molecular flexibility index (Phi) is 4.71. The van der Waals surface area contributed by atoms with E-state index in [-0.39, 0.29) is 22.6 Å². The summed E-state index contributed by atoms with van der Waals surface area (Å²) in [6.45, 7) is 1.29. The molecule has 3 N–H and O–H groups in total. The summed E-state index contributed by atoms with van der Waals surface area (Å²) in [5, 5.41) is 16.8. The van der Waals surface area contributed by atoms with E-state index in [1.54, 1.807) is 24.5 Å². The molecule has 0 radical (unpaired) electrons. The molecule has 2 aromatic rings. The molecule has 1 aromatic heterocycles. The zero-order chi connectivity index (χ0) is 16.4. The first kappa shape index (κ1) is 16.1. The lowest BCUT2D eigenvalue weighted by Gasteiger charge is -2.29. The van der Waals surface area contributed by atoms with Gasteiger partial charge in [-0.15, -0.1) is 0 Å². The molecule has 1 atom stereocenters. The van der Waals surface area contributed by atoms with Crippen LogP contribution in [-0.2, 0) is 4.79 Å². The number of phenols is 1. The number of amides is 1. The lowest BCUT2D eigenvalue weighted by molar-refractivity contribution is -0.126. The summed E-state index contributed by atoms with van der Waals surface area (Å²) in [5.74, 6) is -0.200. The van der Waals surface area contributed by atoms with Crippen LogP contribution in [0.1, 0.15) is 17.2 Å². The van der Waals surface area contributed by atoms with Crippen molar-refractivity contribution in [3.05, 3.63) is 57.8 Å². The predicted octanol–water partition coefficient (Wildman–Crippen LogP) is 2.52. The van der Waals surface area contributed by atoms with Crippen molar-refractivity contribution in [3.8, 4) is 5.75 Å². The van der Waals surface area contributed by atoms with E-state index >= 15 is 0 Å².